The standard InChI is InChI=1S/C14H17ClN2S/c1-16-13-4-2-3-10-7-17(8-11(10)13)9-14-12(15)5-6-18-14/h5-8,13,16H,2-4,9H2,1H3. The van der Waals surface area contributed by atoms with E-state index in [1.807, 2.05) is 13.1 Å². The fraction of sp³-hybridized carbons (Fsp3) is 0.429. The Morgan fingerprint density at radius 1 is 1.50 bits per heavy atom. The molecular formula is C14H17ClN2S. The van der Waals surface area contributed by atoms with E-state index in [1.165, 1.54) is 35.3 Å². The summed E-state index contributed by atoms with van der Waals surface area (Å²) in [6.07, 6.45) is 8.30. The second-order valence-corrected chi connectivity index (χ2v) is 6.24. The molecule has 0 saturated heterocycles. The summed E-state index contributed by atoms with van der Waals surface area (Å²) in [5.74, 6) is 0. The van der Waals surface area contributed by atoms with Crippen molar-refractivity contribution < 1.29 is 0 Å². The summed E-state index contributed by atoms with van der Waals surface area (Å²) in [6.45, 7) is 0.889. The molecule has 0 saturated carbocycles. The van der Waals surface area contributed by atoms with Crippen LogP contribution in [-0.2, 0) is 13.0 Å². The first-order valence-corrected chi connectivity index (χ1v) is 7.61. The summed E-state index contributed by atoms with van der Waals surface area (Å²) >= 11 is 7.89. The van der Waals surface area contributed by atoms with Crippen molar-refractivity contribution in [2.45, 2.75) is 31.8 Å². The minimum absolute atomic E-state index is 0.522. The molecule has 0 radical (unpaired) electrons. The van der Waals surface area contributed by atoms with Crippen molar-refractivity contribution in [1.29, 1.82) is 0 Å². The van der Waals surface area contributed by atoms with Gasteiger partial charge in [-0.2, -0.15) is 0 Å². The van der Waals surface area contributed by atoms with E-state index in [1.54, 1.807) is 11.3 Å². The SMILES string of the molecule is CNC1CCCc2cn(Cc3sccc3Cl)cc21. The van der Waals surface area contributed by atoms with Crippen molar-refractivity contribution in [3.8, 4) is 0 Å². The Morgan fingerprint density at radius 3 is 3.11 bits per heavy atom. The van der Waals surface area contributed by atoms with Crippen molar-refractivity contribution in [1.82, 2.24) is 9.88 Å². The second-order valence-electron chi connectivity index (χ2n) is 4.84. The third-order valence-electron chi connectivity index (χ3n) is 3.68. The molecule has 18 heavy (non-hydrogen) atoms. The van der Waals surface area contributed by atoms with Crippen LogP contribution in [0.2, 0.25) is 5.02 Å². The minimum Gasteiger partial charge on any atom is -0.348 e. The van der Waals surface area contributed by atoms with Gasteiger partial charge in [0.25, 0.3) is 0 Å². The highest BCUT2D eigenvalue weighted by molar-refractivity contribution is 7.10. The van der Waals surface area contributed by atoms with Gasteiger partial charge in [-0.05, 0) is 48.9 Å². The maximum Gasteiger partial charge on any atom is 0.0578 e. The van der Waals surface area contributed by atoms with E-state index in [9.17, 15) is 0 Å². The van der Waals surface area contributed by atoms with Crippen molar-refractivity contribution in [2.75, 3.05) is 7.05 Å². The van der Waals surface area contributed by atoms with Crippen LogP contribution in [0.4, 0.5) is 0 Å². The predicted octanol–water partition coefficient (Wildman–Crippen LogP) is 3.85. The van der Waals surface area contributed by atoms with Gasteiger partial charge in [0, 0.05) is 23.3 Å². The van der Waals surface area contributed by atoms with Gasteiger partial charge in [0.05, 0.1) is 11.6 Å². The molecule has 2 aromatic rings. The van der Waals surface area contributed by atoms with Crippen LogP contribution in [-0.4, -0.2) is 11.6 Å². The molecule has 0 fully saturated rings. The van der Waals surface area contributed by atoms with Crippen LogP contribution in [0.25, 0.3) is 0 Å². The lowest BCUT2D eigenvalue weighted by Gasteiger charge is -2.21. The van der Waals surface area contributed by atoms with Gasteiger partial charge in [-0.25, -0.2) is 0 Å². The van der Waals surface area contributed by atoms with Gasteiger partial charge in [-0.15, -0.1) is 11.3 Å². The molecule has 3 rings (SSSR count). The lowest BCUT2D eigenvalue weighted by molar-refractivity contribution is 0.498. The Kier molecular flexibility index (Phi) is 3.46. The molecule has 0 amide bonds. The molecule has 2 aromatic heterocycles. The number of fused-ring (bicyclic) bond motifs is 1. The number of aromatic nitrogens is 1. The Bertz CT molecular complexity index is 544. The van der Waals surface area contributed by atoms with Crippen LogP contribution in [0.5, 0.6) is 0 Å². The Balaban J connectivity index is 1.86. The van der Waals surface area contributed by atoms with E-state index in [0.717, 1.165) is 11.6 Å². The molecule has 1 aliphatic rings. The Morgan fingerprint density at radius 2 is 2.39 bits per heavy atom. The average molecular weight is 281 g/mol. The van der Waals surface area contributed by atoms with Gasteiger partial charge in [0.1, 0.15) is 0 Å². The molecule has 0 aromatic carbocycles. The summed E-state index contributed by atoms with van der Waals surface area (Å²) in [5.41, 5.74) is 2.96. The van der Waals surface area contributed by atoms with Crippen molar-refractivity contribution in [3.63, 3.8) is 0 Å². The first-order valence-electron chi connectivity index (χ1n) is 6.35. The molecule has 2 nitrogen and oxygen atoms in total. The number of nitrogens with zero attached hydrogens (tertiary/aromatic N) is 1. The number of hydrogen-bond donors (Lipinski definition) is 1. The number of halogens is 1. The lowest BCUT2D eigenvalue weighted by Crippen LogP contribution is -2.20. The van der Waals surface area contributed by atoms with E-state index in [2.05, 4.69) is 27.7 Å². The third kappa shape index (κ3) is 2.22. The Labute approximate surface area is 117 Å². The van der Waals surface area contributed by atoms with Crippen molar-refractivity contribution >= 4 is 22.9 Å². The number of thiophene rings is 1. The lowest BCUT2D eigenvalue weighted by atomic mass is 9.91. The molecule has 0 aliphatic heterocycles. The number of aryl methyl sites for hydroxylation is 1. The molecule has 2 heterocycles. The molecule has 1 aliphatic carbocycles. The van der Waals surface area contributed by atoms with Crippen molar-refractivity contribution in [3.05, 3.63) is 44.9 Å². The Hall–Kier alpha value is -0.770. The van der Waals surface area contributed by atoms with E-state index in [0.29, 0.717) is 6.04 Å². The highest BCUT2D eigenvalue weighted by atomic mass is 35.5. The van der Waals surface area contributed by atoms with E-state index < -0.39 is 0 Å². The quantitative estimate of drug-likeness (QED) is 0.904. The van der Waals surface area contributed by atoms with E-state index in [-0.39, 0.29) is 0 Å². The average Bonchev–Trinajstić information content (AvgIpc) is 2.95. The molecule has 96 valence electrons. The highest BCUT2D eigenvalue weighted by Crippen LogP contribution is 2.31. The number of rotatable bonds is 3. The van der Waals surface area contributed by atoms with Gasteiger partial charge in [0.2, 0.25) is 0 Å². The molecule has 1 atom stereocenters. The third-order valence-corrected chi connectivity index (χ3v) is 5.05. The fourth-order valence-corrected chi connectivity index (χ4v) is 3.85. The highest BCUT2D eigenvalue weighted by Gasteiger charge is 2.20. The van der Waals surface area contributed by atoms with Gasteiger partial charge in [-0.1, -0.05) is 11.6 Å². The van der Waals surface area contributed by atoms with Crippen LogP contribution in [0.3, 0.4) is 0 Å². The van der Waals surface area contributed by atoms with Crippen LogP contribution < -0.4 is 5.32 Å². The molecular weight excluding hydrogens is 264 g/mol. The van der Waals surface area contributed by atoms with Gasteiger partial charge < -0.3 is 9.88 Å². The molecule has 0 bridgehead atoms. The molecule has 1 unspecified atom stereocenters. The van der Waals surface area contributed by atoms with Gasteiger partial charge in [0.15, 0.2) is 0 Å². The van der Waals surface area contributed by atoms with Crippen LogP contribution in [0, 0.1) is 0 Å². The smallest absolute Gasteiger partial charge is 0.0578 e. The number of hydrogen-bond acceptors (Lipinski definition) is 2. The summed E-state index contributed by atoms with van der Waals surface area (Å²) < 4.78 is 2.28. The maximum absolute atomic E-state index is 6.16. The van der Waals surface area contributed by atoms with E-state index >= 15 is 0 Å². The predicted molar refractivity (Wildman–Crippen MR) is 77.6 cm³/mol. The zero-order chi connectivity index (χ0) is 12.5. The zero-order valence-electron chi connectivity index (χ0n) is 10.4. The monoisotopic (exact) mass is 280 g/mol. The fourth-order valence-electron chi connectivity index (χ4n) is 2.74. The van der Waals surface area contributed by atoms with E-state index in [4.69, 9.17) is 11.6 Å². The maximum atomic E-state index is 6.16. The molecule has 4 heteroatoms. The summed E-state index contributed by atoms with van der Waals surface area (Å²) in [5, 5.41) is 6.35. The summed E-state index contributed by atoms with van der Waals surface area (Å²) in [6, 6.07) is 2.50. The summed E-state index contributed by atoms with van der Waals surface area (Å²) in [7, 11) is 2.05. The minimum atomic E-state index is 0.522. The molecule has 1 N–H and O–H groups in total. The van der Waals surface area contributed by atoms with Gasteiger partial charge >= 0.3 is 0 Å². The van der Waals surface area contributed by atoms with Crippen LogP contribution in [0.1, 0.15) is 34.9 Å². The van der Waals surface area contributed by atoms with Crippen molar-refractivity contribution in [2.24, 2.45) is 0 Å². The van der Waals surface area contributed by atoms with Gasteiger partial charge in [-0.3, -0.25) is 0 Å². The topological polar surface area (TPSA) is 17.0 Å². The summed E-state index contributed by atoms with van der Waals surface area (Å²) in [4.78, 5) is 1.24. The first-order chi connectivity index (χ1) is 8.78. The van der Waals surface area contributed by atoms with Crippen LogP contribution >= 0.6 is 22.9 Å². The zero-order valence-corrected chi connectivity index (χ0v) is 12.0. The largest absolute Gasteiger partial charge is 0.348 e. The number of nitrogens with one attached hydrogen (secondary N) is 1. The van der Waals surface area contributed by atoms with Crippen LogP contribution in [0.15, 0.2) is 23.8 Å². The normalized spacial score (nSPS) is 18.9. The second kappa shape index (κ2) is 5.08. The molecule has 0 spiro atoms. The first kappa shape index (κ1) is 12.3.